The van der Waals surface area contributed by atoms with Gasteiger partial charge in [-0.15, -0.1) is 0 Å². The topological polar surface area (TPSA) is 65.8 Å². The van der Waals surface area contributed by atoms with E-state index in [9.17, 15) is 9.59 Å². The summed E-state index contributed by atoms with van der Waals surface area (Å²) in [5, 5.41) is 3.23. The Balaban J connectivity index is 1.95. The first-order valence-electron chi connectivity index (χ1n) is 6.50. The molecular formula is C13H18BrN3O3. The van der Waals surface area contributed by atoms with Gasteiger partial charge in [0, 0.05) is 32.7 Å². The zero-order chi connectivity index (χ0) is 14.7. The van der Waals surface area contributed by atoms with Crippen molar-refractivity contribution in [2.45, 2.75) is 13.0 Å². The quantitative estimate of drug-likeness (QED) is 0.886. The van der Waals surface area contributed by atoms with Crippen molar-refractivity contribution in [1.29, 1.82) is 0 Å². The SMILES string of the molecule is C[C@@H]1CNCCN1C(=O)CN(C)C(=O)c1ccc(Br)o1. The lowest BCUT2D eigenvalue weighted by Gasteiger charge is -2.34. The molecule has 1 fully saturated rings. The van der Waals surface area contributed by atoms with Gasteiger partial charge in [0.1, 0.15) is 0 Å². The third kappa shape index (κ3) is 3.40. The molecule has 6 nitrogen and oxygen atoms in total. The Morgan fingerprint density at radius 3 is 2.90 bits per heavy atom. The second-order valence-corrected chi connectivity index (χ2v) is 5.69. The molecule has 110 valence electrons. The van der Waals surface area contributed by atoms with Gasteiger partial charge in [-0.3, -0.25) is 9.59 Å². The van der Waals surface area contributed by atoms with Gasteiger partial charge in [-0.05, 0) is 35.0 Å². The van der Waals surface area contributed by atoms with Gasteiger partial charge in [0.05, 0.1) is 6.54 Å². The molecule has 7 heteroatoms. The van der Waals surface area contributed by atoms with Crippen molar-refractivity contribution in [3.05, 3.63) is 22.6 Å². The number of likely N-dealkylation sites (N-methyl/N-ethyl adjacent to an activating group) is 1. The summed E-state index contributed by atoms with van der Waals surface area (Å²) in [6.07, 6.45) is 0. The van der Waals surface area contributed by atoms with E-state index in [1.807, 2.05) is 6.92 Å². The Morgan fingerprint density at radius 1 is 1.55 bits per heavy atom. The fraction of sp³-hybridized carbons (Fsp3) is 0.538. The molecule has 2 rings (SSSR count). The van der Waals surface area contributed by atoms with Crippen LogP contribution in [-0.2, 0) is 4.79 Å². The highest BCUT2D eigenvalue weighted by Gasteiger charge is 2.25. The number of rotatable bonds is 3. The summed E-state index contributed by atoms with van der Waals surface area (Å²) < 4.78 is 5.70. The van der Waals surface area contributed by atoms with Crippen LogP contribution in [0.3, 0.4) is 0 Å². The van der Waals surface area contributed by atoms with Gasteiger partial charge >= 0.3 is 0 Å². The number of amides is 2. The van der Waals surface area contributed by atoms with Crippen molar-refractivity contribution in [2.24, 2.45) is 0 Å². The van der Waals surface area contributed by atoms with Crippen LogP contribution in [-0.4, -0.2) is 60.9 Å². The lowest BCUT2D eigenvalue weighted by molar-refractivity contribution is -0.134. The average Bonchev–Trinajstić information content (AvgIpc) is 2.84. The van der Waals surface area contributed by atoms with Gasteiger partial charge in [0.2, 0.25) is 5.91 Å². The first kappa shape index (κ1) is 15.1. The highest BCUT2D eigenvalue weighted by atomic mass is 79.9. The summed E-state index contributed by atoms with van der Waals surface area (Å²) in [4.78, 5) is 27.5. The van der Waals surface area contributed by atoms with E-state index in [1.165, 1.54) is 4.90 Å². The minimum atomic E-state index is -0.299. The van der Waals surface area contributed by atoms with Crippen LogP contribution in [0.25, 0.3) is 0 Å². The molecule has 0 bridgehead atoms. The third-order valence-electron chi connectivity index (χ3n) is 3.32. The highest BCUT2D eigenvalue weighted by Crippen LogP contribution is 2.15. The second kappa shape index (κ2) is 6.41. The minimum Gasteiger partial charge on any atom is -0.444 e. The number of nitrogens with zero attached hydrogens (tertiary/aromatic N) is 2. The van der Waals surface area contributed by atoms with Crippen LogP contribution in [0, 0.1) is 0 Å². The van der Waals surface area contributed by atoms with Crippen molar-refractivity contribution < 1.29 is 14.0 Å². The maximum absolute atomic E-state index is 12.2. The standard InChI is InChI=1S/C13H18BrN3O3/c1-9-7-15-5-6-17(9)12(18)8-16(2)13(19)10-3-4-11(14)20-10/h3-4,9,15H,5-8H2,1-2H3/t9-/m1/s1. The molecule has 20 heavy (non-hydrogen) atoms. The van der Waals surface area contributed by atoms with Crippen molar-refractivity contribution in [3.8, 4) is 0 Å². The van der Waals surface area contributed by atoms with Crippen LogP contribution in [0.5, 0.6) is 0 Å². The van der Waals surface area contributed by atoms with Gasteiger partial charge in [0.15, 0.2) is 10.4 Å². The monoisotopic (exact) mass is 343 g/mol. The highest BCUT2D eigenvalue weighted by molar-refractivity contribution is 9.10. The van der Waals surface area contributed by atoms with Crippen LogP contribution in [0.4, 0.5) is 0 Å². The number of halogens is 1. The van der Waals surface area contributed by atoms with E-state index in [2.05, 4.69) is 21.2 Å². The zero-order valence-corrected chi connectivity index (χ0v) is 13.1. The second-order valence-electron chi connectivity index (χ2n) is 4.91. The molecule has 1 aliphatic rings. The van der Waals surface area contributed by atoms with Crippen LogP contribution in [0.2, 0.25) is 0 Å². The lowest BCUT2D eigenvalue weighted by atomic mass is 10.2. The normalized spacial score (nSPS) is 18.9. The molecule has 2 heterocycles. The number of hydrogen-bond acceptors (Lipinski definition) is 4. The molecule has 1 atom stereocenters. The average molecular weight is 344 g/mol. The van der Waals surface area contributed by atoms with Gasteiger partial charge < -0.3 is 19.5 Å². The number of carbonyl (C=O) groups excluding carboxylic acids is 2. The molecule has 1 aromatic rings. The predicted molar refractivity (Wildman–Crippen MR) is 77.4 cm³/mol. The van der Waals surface area contributed by atoms with E-state index in [1.54, 1.807) is 24.1 Å². The summed E-state index contributed by atoms with van der Waals surface area (Å²) >= 11 is 3.15. The molecule has 1 aliphatic heterocycles. The summed E-state index contributed by atoms with van der Waals surface area (Å²) in [7, 11) is 1.60. The molecule has 0 aromatic carbocycles. The fourth-order valence-electron chi connectivity index (χ4n) is 2.19. The number of hydrogen-bond donors (Lipinski definition) is 1. The van der Waals surface area contributed by atoms with Gasteiger partial charge in [-0.1, -0.05) is 0 Å². The first-order chi connectivity index (χ1) is 9.49. The molecule has 1 N–H and O–H groups in total. The maximum atomic E-state index is 12.2. The Kier molecular flexibility index (Phi) is 4.82. The van der Waals surface area contributed by atoms with E-state index < -0.39 is 0 Å². The van der Waals surface area contributed by atoms with Crippen LogP contribution >= 0.6 is 15.9 Å². The smallest absolute Gasteiger partial charge is 0.289 e. The number of nitrogens with one attached hydrogen (secondary N) is 1. The van der Waals surface area contributed by atoms with E-state index in [-0.39, 0.29) is 30.2 Å². The molecule has 0 aliphatic carbocycles. The molecular weight excluding hydrogens is 326 g/mol. The molecule has 0 unspecified atom stereocenters. The molecule has 0 radical (unpaired) electrons. The van der Waals surface area contributed by atoms with Gasteiger partial charge in [-0.25, -0.2) is 0 Å². The molecule has 0 saturated carbocycles. The molecule has 1 saturated heterocycles. The van der Waals surface area contributed by atoms with E-state index in [4.69, 9.17) is 4.42 Å². The fourth-order valence-corrected chi connectivity index (χ4v) is 2.50. The Bertz CT molecular complexity index is 503. The van der Waals surface area contributed by atoms with Crippen LogP contribution in [0.1, 0.15) is 17.5 Å². The number of carbonyl (C=O) groups is 2. The van der Waals surface area contributed by atoms with E-state index in [0.29, 0.717) is 11.2 Å². The number of furan rings is 1. The Morgan fingerprint density at radius 2 is 2.30 bits per heavy atom. The van der Waals surface area contributed by atoms with Crippen molar-refractivity contribution in [2.75, 3.05) is 33.2 Å². The van der Waals surface area contributed by atoms with Crippen molar-refractivity contribution >= 4 is 27.7 Å². The first-order valence-corrected chi connectivity index (χ1v) is 7.29. The van der Waals surface area contributed by atoms with E-state index in [0.717, 1.165) is 13.1 Å². The van der Waals surface area contributed by atoms with Gasteiger partial charge in [-0.2, -0.15) is 0 Å². The van der Waals surface area contributed by atoms with Crippen LogP contribution in [0.15, 0.2) is 21.2 Å². The largest absolute Gasteiger partial charge is 0.444 e. The molecule has 2 amide bonds. The Hall–Kier alpha value is -1.34. The maximum Gasteiger partial charge on any atom is 0.289 e. The molecule has 0 spiro atoms. The summed E-state index contributed by atoms with van der Waals surface area (Å²) in [5.74, 6) is -0.118. The van der Waals surface area contributed by atoms with Crippen LogP contribution < -0.4 is 5.32 Å². The lowest BCUT2D eigenvalue weighted by Crippen LogP contribution is -2.54. The van der Waals surface area contributed by atoms with Crippen molar-refractivity contribution in [1.82, 2.24) is 15.1 Å². The summed E-state index contributed by atoms with van der Waals surface area (Å²) in [5.41, 5.74) is 0. The number of piperazine rings is 1. The minimum absolute atomic E-state index is 0.0412. The summed E-state index contributed by atoms with van der Waals surface area (Å²) in [6, 6.07) is 3.39. The zero-order valence-electron chi connectivity index (χ0n) is 11.6. The van der Waals surface area contributed by atoms with Crippen molar-refractivity contribution in [3.63, 3.8) is 0 Å². The summed E-state index contributed by atoms with van der Waals surface area (Å²) in [6.45, 7) is 4.30. The van der Waals surface area contributed by atoms with E-state index >= 15 is 0 Å². The Labute approximate surface area is 126 Å². The third-order valence-corrected chi connectivity index (χ3v) is 3.75. The predicted octanol–water partition coefficient (Wildman–Crippen LogP) is 0.934. The molecule has 1 aromatic heterocycles. The van der Waals surface area contributed by atoms with Gasteiger partial charge in [0.25, 0.3) is 5.91 Å².